The van der Waals surface area contributed by atoms with Gasteiger partial charge in [0.05, 0.1) is 26.4 Å². The van der Waals surface area contributed by atoms with Crippen molar-refractivity contribution in [3.8, 4) is 0 Å². The van der Waals surface area contributed by atoms with Crippen LogP contribution in [0.2, 0.25) is 0 Å². The summed E-state index contributed by atoms with van der Waals surface area (Å²) in [6, 6.07) is 21.1. The number of unbranched alkanes of at least 4 members (excludes halogenated alkanes) is 34. The van der Waals surface area contributed by atoms with E-state index in [2.05, 4.69) is 102 Å². The Labute approximate surface area is 489 Å². The predicted octanol–water partition coefficient (Wildman–Crippen LogP) is 23.4. The lowest BCUT2D eigenvalue weighted by atomic mass is 10.0. The Hall–Kier alpha value is -3.00. The zero-order valence-electron chi connectivity index (χ0n) is 52.7. The fraction of sp³-hybridized carbons (Fsp3) is 0.778. The monoisotopic (exact) mass is 1100 g/mol. The van der Waals surface area contributed by atoms with Crippen molar-refractivity contribution >= 4 is 0 Å². The molecule has 0 amide bonds. The smallest absolute Gasteiger partial charge is 0.167 e. The average Bonchev–Trinajstić information content (AvgIpc) is 3.49. The van der Waals surface area contributed by atoms with Crippen LogP contribution >= 0.6 is 0 Å². The molecule has 2 aromatic carbocycles. The van der Waals surface area contributed by atoms with Gasteiger partial charge < -0.3 is 33.2 Å². The molecule has 7 nitrogen and oxygen atoms in total. The van der Waals surface area contributed by atoms with E-state index >= 15 is 0 Å². The highest BCUT2D eigenvalue weighted by Gasteiger charge is 2.27. The molecule has 0 bridgehead atoms. The second-order valence-corrected chi connectivity index (χ2v) is 22.8. The highest BCUT2D eigenvalue weighted by atomic mass is 16.7. The van der Waals surface area contributed by atoms with Gasteiger partial charge in [-0.05, 0) is 49.7 Å². The Balaban J connectivity index is 2.48. The molecule has 2 aromatic rings. The average molecular weight is 1100 g/mol. The van der Waals surface area contributed by atoms with E-state index in [0.29, 0.717) is 26.4 Å². The quantitative estimate of drug-likeness (QED) is 0.0371. The SMILES string of the molecule is CCCCCCCCCCCCC(OCCCCCCC)=C(OCCCCCCC)C(OCOCOC(C(OCCCCCCC)=C(CCCCCCCCCCCC)OCCCCCCC)c1ccccc1)c1ccccc1. The first-order valence-corrected chi connectivity index (χ1v) is 34.0. The van der Waals surface area contributed by atoms with Crippen LogP contribution in [0.4, 0.5) is 0 Å². The number of hydrogen-bond donors (Lipinski definition) is 0. The molecule has 0 heterocycles. The third-order valence-electron chi connectivity index (χ3n) is 15.4. The van der Waals surface area contributed by atoms with Crippen LogP contribution in [0.3, 0.4) is 0 Å². The maximum atomic E-state index is 6.96. The van der Waals surface area contributed by atoms with Crippen molar-refractivity contribution in [3.05, 3.63) is 94.8 Å². The summed E-state index contributed by atoms with van der Waals surface area (Å²) >= 11 is 0. The van der Waals surface area contributed by atoms with Gasteiger partial charge in [-0.25, -0.2) is 0 Å². The van der Waals surface area contributed by atoms with Gasteiger partial charge in [-0.15, -0.1) is 0 Å². The molecule has 456 valence electrons. The van der Waals surface area contributed by atoms with Gasteiger partial charge in [0.1, 0.15) is 23.7 Å². The van der Waals surface area contributed by atoms with Crippen LogP contribution in [-0.2, 0) is 33.2 Å². The lowest BCUT2D eigenvalue weighted by molar-refractivity contribution is -0.168. The molecule has 2 rings (SSSR count). The third-order valence-corrected chi connectivity index (χ3v) is 15.4. The van der Waals surface area contributed by atoms with E-state index in [4.69, 9.17) is 33.2 Å². The molecule has 0 radical (unpaired) electrons. The Kier molecular flexibility index (Phi) is 50.7. The minimum atomic E-state index is -0.496. The number of allylic oxidation sites excluding steroid dienone is 2. The summed E-state index contributed by atoms with van der Waals surface area (Å²) in [5.74, 6) is 3.50. The highest BCUT2D eigenvalue weighted by Crippen LogP contribution is 2.35. The first-order chi connectivity index (χ1) is 39.1. The normalized spacial score (nSPS) is 13.0. The molecule has 2 unspecified atom stereocenters. The number of ether oxygens (including phenoxy) is 7. The standard InChI is InChI=1S/C72H126O7/c1-7-13-19-25-27-29-31-33-35-47-57-67(74-59-49-37-21-15-9-3)71(76-61-51-39-23-17-11-5)69(65-53-43-41-44-54-65)78-63-73-64-79-70(66-55-45-42-46-56-66)72(77-62-52-40-24-18-12-6)68(75-60-50-38-22-16-10-4)58-48-36-34-32-30-28-26-20-14-8-2/h41-46,53-56,69-70H,7-40,47-52,57-64H2,1-6H3. The Morgan fingerprint density at radius 2 is 0.519 bits per heavy atom. The lowest BCUT2D eigenvalue weighted by Crippen LogP contribution is -2.19. The van der Waals surface area contributed by atoms with Crippen molar-refractivity contribution in [1.29, 1.82) is 0 Å². The van der Waals surface area contributed by atoms with E-state index in [0.717, 1.165) is 98.4 Å². The molecule has 0 aliphatic carbocycles. The minimum absolute atomic E-state index is 0.0179. The third kappa shape index (κ3) is 39.2. The summed E-state index contributed by atoms with van der Waals surface area (Å²) in [5, 5.41) is 0. The van der Waals surface area contributed by atoms with Crippen LogP contribution in [0.15, 0.2) is 83.7 Å². The zero-order chi connectivity index (χ0) is 56.6. The maximum Gasteiger partial charge on any atom is 0.167 e. The molecule has 0 saturated carbocycles. The van der Waals surface area contributed by atoms with Gasteiger partial charge in [0.25, 0.3) is 0 Å². The fourth-order valence-corrected chi connectivity index (χ4v) is 10.4. The van der Waals surface area contributed by atoms with Crippen molar-refractivity contribution in [1.82, 2.24) is 0 Å². The fourth-order valence-electron chi connectivity index (χ4n) is 10.4. The largest absolute Gasteiger partial charge is 0.494 e. The summed E-state index contributed by atoms with van der Waals surface area (Å²) in [4.78, 5) is 0. The molecule has 0 aliphatic heterocycles. The Bertz CT molecular complexity index is 1510. The van der Waals surface area contributed by atoms with Gasteiger partial charge in [0.15, 0.2) is 25.1 Å². The van der Waals surface area contributed by atoms with Gasteiger partial charge in [-0.2, -0.15) is 0 Å². The van der Waals surface area contributed by atoms with Crippen molar-refractivity contribution in [2.75, 3.05) is 40.0 Å². The molecule has 0 aliphatic rings. The lowest BCUT2D eigenvalue weighted by Gasteiger charge is -2.27. The molecule has 79 heavy (non-hydrogen) atoms. The molecule has 0 N–H and O–H groups in total. The Morgan fingerprint density at radius 1 is 0.278 bits per heavy atom. The first kappa shape index (κ1) is 72.1. The van der Waals surface area contributed by atoms with Gasteiger partial charge in [-0.1, -0.05) is 321 Å². The topological polar surface area (TPSA) is 64.6 Å². The van der Waals surface area contributed by atoms with Crippen LogP contribution in [0.1, 0.15) is 335 Å². The van der Waals surface area contributed by atoms with E-state index in [1.165, 1.54) is 205 Å². The summed E-state index contributed by atoms with van der Waals surface area (Å²) in [5.41, 5.74) is 2.06. The number of rotatable bonds is 60. The molecule has 0 aromatic heterocycles. The predicted molar refractivity (Wildman–Crippen MR) is 337 cm³/mol. The molecular weight excluding hydrogens is 977 g/mol. The van der Waals surface area contributed by atoms with Crippen LogP contribution in [0.5, 0.6) is 0 Å². The Morgan fingerprint density at radius 3 is 0.797 bits per heavy atom. The van der Waals surface area contributed by atoms with E-state index < -0.39 is 12.2 Å². The van der Waals surface area contributed by atoms with Crippen molar-refractivity contribution in [2.45, 2.75) is 323 Å². The zero-order valence-corrected chi connectivity index (χ0v) is 52.7. The number of hydrogen-bond acceptors (Lipinski definition) is 7. The van der Waals surface area contributed by atoms with Crippen LogP contribution in [-0.4, -0.2) is 40.0 Å². The van der Waals surface area contributed by atoms with E-state index in [9.17, 15) is 0 Å². The first-order valence-electron chi connectivity index (χ1n) is 34.0. The van der Waals surface area contributed by atoms with Gasteiger partial charge in [-0.3, -0.25) is 0 Å². The van der Waals surface area contributed by atoms with Gasteiger partial charge >= 0.3 is 0 Å². The van der Waals surface area contributed by atoms with Crippen LogP contribution in [0, 0.1) is 0 Å². The van der Waals surface area contributed by atoms with Crippen molar-refractivity contribution in [2.24, 2.45) is 0 Å². The molecular formula is C72H126O7. The van der Waals surface area contributed by atoms with Crippen molar-refractivity contribution < 1.29 is 33.2 Å². The molecule has 2 atom stereocenters. The molecule has 7 heteroatoms. The molecule has 0 saturated heterocycles. The van der Waals surface area contributed by atoms with Crippen LogP contribution in [0.25, 0.3) is 0 Å². The van der Waals surface area contributed by atoms with E-state index in [1.807, 2.05) is 0 Å². The van der Waals surface area contributed by atoms with E-state index in [-0.39, 0.29) is 13.6 Å². The van der Waals surface area contributed by atoms with Gasteiger partial charge in [0.2, 0.25) is 0 Å². The van der Waals surface area contributed by atoms with Crippen molar-refractivity contribution in [3.63, 3.8) is 0 Å². The number of benzene rings is 2. The summed E-state index contributed by atoms with van der Waals surface area (Å²) < 4.78 is 48.0. The summed E-state index contributed by atoms with van der Waals surface area (Å²) in [6.45, 7) is 16.4. The molecule has 0 spiro atoms. The minimum Gasteiger partial charge on any atom is -0.494 e. The maximum absolute atomic E-state index is 6.96. The van der Waals surface area contributed by atoms with E-state index in [1.54, 1.807) is 0 Å². The molecule has 0 fully saturated rings. The second kappa shape index (κ2) is 55.5. The van der Waals surface area contributed by atoms with Crippen LogP contribution < -0.4 is 0 Å². The van der Waals surface area contributed by atoms with Gasteiger partial charge in [0, 0.05) is 12.8 Å². The summed E-state index contributed by atoms with van der Waals surface area (Å²) in [6.07, 6.45) is 50.1. The summed E-state index contributed by atoms with van der Waals surface area (Å²) in [7, 11) is 0. The second-order valence-electron chi connectivity index (χ2n) is 22.8. The highest BCUT2D eigenvalue weighted by molar-refractivity contribution is 5.27.